The molecule has 0 unspecified atom stereocenters. The molecular formula is C13H28O2. The van der Waals surface area contributed by atoms with E-state index in [1.807, 2.05) is 0 Å². The average Bonchev–Trinajstić information content (AvgIpc) is 2.31. The Bertz CT molecular complexity index is 150. The van der Waals surface area contributed by atoms with Crippen molar-refractivity contribution in [2.24, 2.45) is 0 Å². The molecule has 0 aromatic heterocycles. The van der Waals surface area contributed by atoms with Gasteiger partial charge in [-0.05, 0) is 39.0 Å². The normalized spacial score (nSPS) is 13.2. The molecule has 15 heavy (non-hydrogen) atoms. The first-order valence-electron chi connectivity index (χ1n) is 6.38. The highest BCUT2D eigenvalue weighted by Gasteiger charge is 2.31. The van der Waals surface area contributed by atoms with Crippen LogP contribution in [-0.2, 0) is 9.78 Å². The van der Waals surface area contributed by atoms with Crippen LogP contribution in [0.15, 0.2) is 0 Å². The van der Waals surface area contributed by atoms with E-state index in [0.717, 1.165) is 32.1 Å². The molecule has 0 aliphatic rings. The molecule has 0 N–H and O–H groups in total. The first-order chi connectivity index (χ1) is 7.01. The second kappa shape index (κ2) is 6.49. The average molecular weight is 216 g/mol. The van der Waals surface area contributed by atoms with Crippen LogP contribution in [0.3, 0.4) is 0 Å². The van der Waals surface area contributed by atoms with Gasteiger partial charge in [0.25, 0.3) is 0 Å². The molecule has 0 saturated heterocycles. The van der Waals surface area contributed by atoms with E-state index in [-0.39, 0.29) is 11.2 Å². The Kier molecular flexibility index (Phi) is 6.46. The van der Waals surface area contributed by atoms with Gasteiger partial charge in [-0.1, -0.05) is 34.6 Å². The topological polar surface area (TPSA) is 18.5 Å². The highest BCUT2D eigenvalue weighted by molar-refractivity contribution is 4.75. The minimum atomic E-state index is -0.134. The molecule has 0 aromatic rings. The number of rotatable bonds is 8. The fourth-order valence-corrected chi connectivity index (χ4v) is 1.48. The van der Waals surface area contributed by atoms with Gasteiger partial charge in [0.15, 0.2) is 0 Å². The fraction of sp³-hybridized carbons (Fsp3) is 1.00. The van der Waals surface area contributed by atoms with E-state index in [1.165, 1.54) is 0 Å². The van der Waals surface area contributed by atoms with Crippen molar-refractivity contribution in [3.05, 3.63) is 0 Å². The van der Waals surface area contributed by atoms with Crippen molar-refractivity contribution in [1.82, 2.24) is 0 Å². The molecule has 0 atom stereocenters. The molecule has 0 radical (unpaired) electrons. The Morgan fingerprint density at radius 3 is 1.33 bits per heavy atom. The summed E-state index contributed by atoms with van der Waals surface area (Å²) in [5, 5.41) is 0. The standard InChI is InChI=1S/C13H28O2/c1-7-12(6,8-2)14-15-13(9-3,10-4)11-5/h7-11H2,1-6H3. The van der Waals surface area contributed by atoms with Crippen molar-refractivity contribution in [1.29, 1.82) is 0 Å². The van der Waals surface area contributed by atoms with E-state index in [4.69, 9.17) is 9.78 Å². The van der Waals surface area contributed by atoms with Crippen LogP contribution in [0.25, 0.3) is 0 Å². The van der Waals surface area contributed by atoms with Gasteiger partial charge in [-0.2, -0.15) is 0 Å². The largest absolute Gasteiger partial charge is 0.230 e. The lowest BCUT2D eigenvalue weighted by Gasteiger charge is -2.34. The van der Waals surface area contributed by atoms with E-state index < -0.39 is 0 Å². The van der Waals surface area contributed by atoms with Crippen molar-refractivity contribution < 1.29 is 9.78 Å². The van der Waals surface area contributed by atoms with Gasteiger partial charge in [0.05, 0.1) is 0 Å². The molecule has 2 nitrogen and oxygen atoms in total. The van der Waals surface area contributed by atoms with E-state index in [9.17, 15) is 0 Å². The maximum atomic E-state index is 5.72. The molecule has 2 heteroatoms. The molecule has 0 spiro atoms. The smallest absolute Gasteiger partial charge is 0.103 e. The van der Waals surface area contributed by atoms with Gasteiger partial charge >= 0.3 is 0 Å². The second-order valence-corrected chi connectivity index (χ2v) is 4.57. The van der Waals surface area contributed by atoms with Gasteiger partial charge in [0.1, 0.15) is 11.2 Å². The van der Waals surface area contributed by atoms with E-state index >= 15 is 0 Å². The third-order valence-corrected chi connectivity index (χ3v) is 3.85. The summed E-state index contributed by atoms with van der Waals surface area (Å²) in [5.74, 6) is 0. The summed E-state index contributed by atoms with van der Waals surface area (Å²) >= 11 is 0. The maximum Gasteiger partial charge on any atom is 0.103 e. The Hall–Kier alpha value is -0.0800. The Balaban J connectivity index is 4.32. The molecule has 0 saturated carbocycles. The Morgan fingerprint density at radius 2 is 1.07 bits per heavy atom. The summed E-state index contributed by atoms with van der Waals surface area (Å²) in [4.78, 5) is 11.4. The zero-order valence-corrected chi connectivity index (χ0v) is 11.4. The van der Waals surface area contributed by atoms with E-state index in [1.54, 1.807) is 0 Å². The summed E-state index contributed by atoms with van der Waals surface area (Å²) < 4.78 is 0. The van der Waals surface area contributed by atoms with Crippen LogP contribution in [-0.4, -0.2) is 11.2 Å². The summed E-state index contributed by atoms with van der Waals surface area (Å²) in [7, 11) is 0. The SMILES string of the molecule is CCC(C)(CC)OOC(CC)(CC)CC. The lowest BCUT2D eigenvalue weighted by molar-refractivity contribution is -0.413. The molecule has 92 valence electrons. The minimum absolute atomic E-state index is 0.0917. The van der Waals surface area contributed by atoms with Crippen LogP contribution >= 0.6 is 0 Å². The molecule has 0 bridgehead atoms. The maximum absolute atomic E-state index is 5.72. The van der Waals surface area contributed by atoms with Crippen molar-refractivity contribution in [2.45, 2.75) is 84.8 Å². The first-order valence-corrected chi connectivity index (χ1v) is 6.38. The highest BCUT2D eigenvalue weighted by atomic mass is 17.2. The molecule has 0 rings (SSSR count). The van der Waals surface area contributed by atoms with Gasteiger partial charge in [0.2, 0.25) is 0 Å². The fourth-order valence-electron chi connectivity index (χ4n) is 1.48. The lowest BCUT2D eigenvalue weighted by Crippen LogP contribution is -2.36. The molecule has 0 aromatic carbocycles. The predicted octanol–water partition coefficient (Wildman–Crippen LogP) is 4.48. The lowest BCUT2D eigenvalue weighted by atomic mass is 9.94. The summed E-state index contributed by atoms with van der Waals surface area (Å²) in [5.41, 5.74) is -0.226. The minimum Gasteiger partial charge on any atom is -0.230 e. The summed E-state index contributed by atoms with van der Waals surface area (Å²) in [6, 6.07) is 0. The van der Waals surface area contributed by atoms with Crippen LogP contribution in [0.2, 0.25) is 0 Å². The van der Waals surface area contributed by atoms with Crippen molar-refractivity contribution in [3.8, 4) is 0 Å². The van der Waals surface area contributed by atoms with Gasteiger partial charge in [-0.25, -0.2) is 9.78 Å². The van der Waals surface area contributed by atoms with Gasteiger partial charge in [-0.3, -0.25) is 0 Å². The molecule has 0 amide bonds. The summed E-state index contributed by atoms with van der Waals surface area (Å²) in [6.45, 7) is 12.9. The van der Waals surface area contributed by atoms with Crippen molar-refractivity contribution in [3.63, 3.8) is 0 Å². The van der Waals surface area contributed by atoms with Crippen molar-refractivity contribution in [2.75, 3.05) is 0 Å². The molecule has 0 aliphatic carbocycles. The van der Waals surface area contributed by atoms with Crippen LogP contribution in [0.4, 0.5) is 0 Å². The zero-order valence-electron chi connectivity index (χ0n) is 11.4. The van der Waals surface area contributed by atoms with Gasteiger partial charge in [-0.15, -0.1) is 0 Å². The monoisotopic (exact) mass is 216 g/mol. The highest BCUT2D eigenvalue weighted by Crippen LogP contribution is 2.29. The van der Waals surface area contributed by atoms with Crippen LogP contribution in [0.5, 0.6) is 0 Å². The van der Waals surface area contributed by atoms with Gasteiger partial charge < -0.3 is 0 Å². The van der Waals surface area contributed by atoms with E-state index in [0.29, 0.717) is 0 Å². The van der Waals surface area contributed by atoms with Crippen LogP contribution in [0.1, 0.15) is 73.6 Å². The van der Waals surface area contributed by atoms with Crippen LogP contribution in [0, 0.1) is 0 Å². The molecular weight excluding hydrogens is 188 g/mol. The third kappa shape index (κ3) is 4.12. The molecule has 0 fully saturated rings. The van der Waals surface area contributed by atoms with Gasteiger partial charge in [0, 0.05) is 0 Å². The predicted molar refractivity (Wildman–Crippen MR) is 64.8 cm³/mol. The summed E-state index contributed by atoms with van der Waals surface area (Å²) in [6.07, 6.45) is 4.98. The number of hydrogen-bond donors (Lipinski definition) is 0. The second-order valence-electron chi connectivity index (χ2n) is 4.57. The zero-order chi connectivity index (χ0) is 11.9. The Labute approximate surface area is 95.3 Å². The first kappa shape index (κ1) is 14.9. The third-order valence-electron chi connectivity index (χ3n) is 3.85. The van der Waals surface area contributed by atoms with Crippen LogP contribution < -0.4 is 0 Å². The number of hydrogen-bond acceptors (Lipinski definition) is 2. The quantitative estimate of drug-likeness (QED) is 0.440. The van der Waals surface area contributed by atoms with Crippen molar-refractivity contribution >= 4 is 0 Å². The molecule has 0 heterocycles. The molecule has 0 aliphatic heterocycles. The van der Waals surface area contributed by atoms with E-state index in [2.05, 4.69) is 41.5 Å². The Morgan fingerprint density at radius 1 is 0.667 bits per heavy atom.